The molecule has 0 saturated heterocycles. The quantitative estimate of drug-likeness (QED) is 0.605. The van der Waals surface area contributed by atoms with Crippen molar-refractivity contribution in [2.24, 2.45) is 12.0 Å². The minimum atomic E-state index is -0.414. The van der Waals surface area contributed by atoms with Gasteiger partial charge in [0.25, 0.3) is 0 Å². The number of benzene rings is 1. The van der Waals surface area contributed by atoms with Crippen LogP contribution in [0.4, 0.5) is 4.39 Å². The number of hydrogen-bond acceptors (Lipinski definition) is 3. The van der Waals surface area contributed by atoms with E-state index in [2.05, 4.69) is 34.6 Å². The molecule has 2 N–H and O–H groups in total. The number of nitrogens with zero attached hydrogens (tertiary/aromatic N) is 4. The van der Waals surface area contributed by atoms with Crippen LogP contribution in [0, 0.1) is 31.0 Å². The Balaban J connectivity index is 2.07. The summed E-state index contributed by atoms with van der Waals surface area (Å²) in [6.07, 6.45) is 0.821. The summed E-state index contributed by atoms with van der Waals surface area (Å²) in [7, 11) is 1.95. The Morgan fingerprint density at radius 2 is 2.15 bits per heavy atom. The average molecular weight is 370 g/mol. The van der Waals surface area contributed by atoms with Crippen LogP contribution < -0.4 is 10.6 Å². The lowest BCUT2D eigenvalue weighted by molar-refractivity contribution is 0.607. The third-order valence-corrected chi connectivity index (χ3v) is 4.49. The maximum Gasteiger partial charge on any atom is 0.191 e. The number of halogens is 1. The van der Waals surface area contributed by atoms with Crippen LogP contribution in [-0.2, 0) is 20.0 Å². The number of hydrogen-bond donors (Lipinski definition) is 2. The van der Waals surface area contributed by atoms with Gasteiger partial charge in [0.05, 0.1) is 23.9 Å². The lowest BCUT2D eigenvalue weighted by Crippen LogP contribution is -2.43. The standard InChI is InChI=1S/C20H27FN6/c1-6-23-20(24-12-17-8-7-16(11-22)10-19(17)21)25-13(2)9-18-14(3)26-27(5)15(18)4/h7-8,10,13H,6,9,12H2,1-5H3,(H2,23,24,25). The molecule has 0 saturated carbocycles. The lowest BCUT2D eigenvalue weighted by atomic mass is 10.1. The van der Waals surface area contributed by atoms with Gasteiger partial charge < -0.3 is 10.6 Å². The van der Waals surface area contributed by atoms with Gasteiger partial charge >= 0.3 is 0 Å². The number of aromatic nitrogens is 2. The molecular formula is C20H27FN6. The highest BCUT2D eigenvalue weighted by molar-refractivity contribution is 5.80. The average Bonchev–Trinajstić information content (AvgIpc) is 2.86. The van der Waals surface area contributed by atoms with E-state index >= 15 is 0 Å². The summed E-state index contributed by atoms with van der Waals surface area (Å²) in [6.45, 7) is 9.06. The predicted molar refractivity (Wildman–Crippen MR) is 105 cm³/mol. The fraction of sp³-hybridized carbons (Fsp3) is 0.450. The normalized spacial score (nSPS) is 12.6. The molecule has 6 nitrogen and oxygen atoms in total. The molecule has 0 amide bonds. The number of nitrogens with one attached hydrogen (secondary N) is 2. The Morgan fingerprint density at radius 1 is 1.41 bits per heavy atom. The Morgan fingerprint density at radius 3 is 2.70 bits per heavy atom. The predicted octanol–water partition coefficient (Wildman–Crippen LogP) is 2.73. The van der Waals surface area contributed by atoms with Crippen LogP contribution in [0.1, 0.15) is 41.9 Å². The van der Waals surface area contributed by atoms with Crippen LogP contribution in [0.3, 0.4) is 0 Å². The van der Waals surface area contributed by atoms with Crippen molar-refractivity contribution in [1.82, 2.24) is 20.4 Å². The lowest BCUT2D eigenvalue weighted by Gasteiger charge is -2.18. The van der Waals surface area contributed by atoms with E-state index in [4.69, 9.17) is 5.26 Å². The summed E-state index contributed by atoms with van der Waals surface area (Å²) in [5.74, 6) is 0.219. The summed E-state index contributed by atoms with van der Waals surface area (Å²) in [5, 5.41) is 19.8. The molecule has 1 atom stereocenters. The minimum Gasteiger partial charge on any atom is -0.357 e. The molecule has 2 rings (SSSR count). The van der Waals surface area contributed by atoms with Gasteiger partial charge in [-0.1, -0.05) is 6.07 Å². The molecule has 2 aromatic rings. The highest BCUT2D eigenvalue weighted by atomic mass is 19.1. The molecule has 0 bridgehead atoms. The summed E-state index contributed by atoms with van der Waals surface area (Å²) >= 11 is 0. The highest BCUT2D eigenvalue weighted by Gasteiger charge is 2.14. The number of nitriles is 1. The molecule has 27 heavy (non-hydrogen) atoms. The maximum absolute atomic E-state index is 14.0. The first kappa shape index (κ1) is 20.4. The van der Waals surface area contributed by atoms with Crippen molar-refractivity contribution >= 4 is 5.96 Å². The van der Waals surface area contributed by atoms with Gasteiger partial charge in [0.2, 0.25) is 0 Å². The molecule has 0 spiro atoms. The summed E-state index contributed by atoms with van der Waals surface area (Å²) < 4.78 is 15.9. The van der Waals surface area contributed by atoms with Crippen molar-refractivity contribution in [3.8, 4) is 6.07 Å². The summed E-state index contributed by atoms with van der Waals surface area (Å²) in [6, 6.07) is 6.51. The molecule has 0 radical (unpaired) electrons. The molecule has 1 heterocycles. The number of guanidine groups is 1. The van der Waals surface area contributed by atoms with Crippen LogP contribution in [0.5, 0.6) is 0 Å². The Hall–Kier alpha value is -2.88. The molecular weight excluding hydrogens is 343 g/mol. The molecule has 0 fully saturated rings. The Kier molecular flexibility index (Phi) is 6.94. The number of aliphatic imine (C=N–C) groups is 1. The van der Waals surface area contributed by atoms with E-state index < -0.39 is 5.82 Å². The third kappa shape index (κ3) is 5.30. The molecule has 7 heteroatoms. The molecule has 0 aliphatic carbocycles. The Bertz CT molecular complexity index is 862. The van der Waals surface area contributed by atoms with Gasteiger partial charge in [0.1, 0.15) is 5.82 Å². The van der Waals surface area contributed by atoms with E-state index in [0.717, 1.165) is 17.8 Å². The van der Waals surface area contributed by atoms with Crippen LogP contribution in [0.15, 0.2) is 23.2 Å². The van der Waals surface area contributed by atoms with Crippen molar-refractivity contribution in [3.63, 3.8) is 0 Å². The first-order valence-electron chi connectivity index (χ1n) is 9.08. The SMILES string of the molecule is CCNC(=NCc1ccc(C#N)cc1F)NC(C)Cc1c(C)nn(C)c1C. The van der Waals surface area contributed by atoms with Crippen LogP contribution in [0.2, 0.25) is 0 Å². The van der Waals surface area contributed by atoms with Crippen LogP contribution in [-0.4, -0.2) is 28.3 Å². The van der Waals surface area contributed by atoms with Gasteiger partial charge in [-0.25, -0.2) is 9.38 Å². The molecule has 1 aromatic heterocycles. The second-order valence-electron chi connectivity index (χ2n) is 6.64. The largest absolute Gasteiger partial charge is 0.357 e. The molecule has 144 valence electrons. The van der Waals surface area contributed by atoms with Crippen molar-refractivity contribution in [3.05, 3.63) is 52.1 Å². The molecule has 0 aliphatic heterocycles. The first-order valence-corrected chi connectivity index (χ1v) is 9.08. The Labute approximate surface area is 160 Å². The van der Waals surface area contributed by atoms with E-state index in [1.165, 1.54) is 11.6 Å². The zero-order valence-corrected chi connectivity index (χ0v) is 16.6. The van der Waals surface area contributed by atoms with Gasteiger partial charge in [-0.3, -0.25) is 4.68 Å². The zero-order chi connectivity index (χ0) is 20.0. The molecule has 1 aromatic carbocycles. The monoisotopic (exact) mass is 370 g/mol. The van der Waals surface area contributed by atoms with Gasteiger partial charge in [-0.05, 0) is 51.8 Å². The summed E-state index contributed by atoms with van der Waals surface area (Å²) in [4.78, 5) is 4.48. The highest BCUT2D eigenvalue weighted by Crippen LogP contribution is 2.14. The zero-order valence-electron chi connectivity index (χ0n) is 16.6. The van der Waals surface area contributed by atoms with Gasteiger partial charge in [0, 0.05) is 30.9 Å². The van der Waals surface area contributed by atoms with Crippen molar-refractivity contribution in [2.45, 2.75) is 46.7 Å². The molecule has 1 unspecified atom stereocenters. The third-order valence-electron chi connectivity index (χ3n) is 4.49. The first-order chi connectivity index (χ1) is 12.8. The van der Waals surface area contributed by atoms with Gasteiger partial charge in [0.15, 0.2) is 5.96 Å². The van der Waals surface area contributed by atoms with Gasteiger partial charge in [-0.2, -0.15) is 10.4 Å². The number of rotatable bonds is 6. The number of aryl methyl sites for hydroxylation is 2. The van der Waals surface area contributed by atoms with Crippen molar-refractivity contribution in [1.29, 1.82) is 5.26 Å². The molecule has 0 aliphatic rings. The van der Waals surface area contributed by atoms with E-state index in [0.29, 0.717) is 23.6 Å². The smallest absolute Gasteiger partial charge is 0.191 e. The van der Waals surface area contributed by atoms with Crippen LogP contribution in [0.25, 0.3) is 0 Å². The minimum absolute atomic E-state index is 0.134. The van der Waals surface area contributed by atoms with E-state index in [9.17, 15) is 4.39 Å². The second-order valence-corrected chi connectivity index (χ2v) is 6.64. The van der Waals surface area contributed by atoms with Crippen LogP contribution >= 0.6 is 0 Å². The summed E-state index contributed by atoms with van der Waals surface area (Å²) in [5.41, 5.74) is 4.18. The van der Waals surface area contributed by atoms with Crippen molar-refractivity contribution < 1.29 is 4.39 Å². The van der Waals surface area contributed by atoms with E-state index in [1.54, 1.807) is 12.1 Å². The van der Waals surface area contributed by atoms with Crippen molar-refractivity contribution in [2.75, 3.05) is 6.54 Å². The topological polar surface area (TPSA) is 78.0 Å². The fourth-order valence-electron chi connectivity index (χ4n) is 2.93. The van der Waals surface area contributed by atoms with Gasteiger partial charge in [-0.15, -0.1) is 0 Å². The second kappa shape index (κ2) is 9.17. The maximum atomic E-state index is 14.0. The van der Waals surface area contributed by atoms with E-state index in [-0.39, 0.29) is 12.6 Å². The fourth-order valence-corrected chi connectivity index (χ4v) is 2.93. The van der Waals surface area contributed by atoms with E-state index in [1.807, 2.05) is 31.6 Å².